The van der Waals surface area contributed by atoms with E-state index >= 15 is 0 Å². The maximum atomic E-state index is 5.94. The summed E-state index contributed by atoms with van der Waals surface area (Å²) in [6, 6.07) is 0. The molecule has 1 aromatic heterocycles. The first-order valence-corrected chi connectivity index (χ1v) is 6.71. The highest BCUT2D eigenvalue weighted by Crippen LogP contribution is 2.30. The van der Waals surface area contributed by atoms with E-state index in [4.69, 9.17) is 5.73 Å². The van der Waals surface area contributed by atoms with Crippen LogP contribution in [0.2, 0.25) is 0 Å². The van der Waals surface area contributed by atoms with E-state index in [1.54, 1.807) is 0 Å². The summed E-state index contributed by atoms with van der Waals surface area (Å²) in [7, 11) is 0. The van der Waals surface area contributed by atoms with Crippen molar-refractivity contribution in [2.45, 2.75) is 39.2 Å². The molecule has 2 N–H and O–H groups in total. The summed E-state index contributed by atoms with van der Waals surface area (Å²) in [6.07, 6.45) is 7.24. The zero-order valence-electron chi connectivity index (χ0n) is 9.12. The minimum Gasteiger partial charge on any atom is -0.383 e. The van der Waals surface area contributed by atoms with Crippen molar-refractivity contribution in [1.29, 1.82) is 0 Å². The van der Waals surface area contributed by atoms with E-state index in [1.165, 1.54) is 25.7 Å². The fraction of sp³-hybridized carbons (Fsp3) is 0.727. The highest BCUT2D eigenvalue weighted by molar-refractivity contribution is 14.1. The summed E-state index contributed by atoms with van der Waals surface area (Å²) in [5, 5.41) is 4.31. The van der Waals surface area contributed by atoms with E-state index in [-0.39, 0.29) is 0 Å². The Labute approximate surface area is 105 Å². The summed E-state index contributed by atoms with van der Waals surface area (Å²) >= 11 is 2.23. The van der Waals surface area contributed by atoms with Crippen LogP contribution in [0, 0.1) is 15.4 Å². The number of anilines is 1. The van der Waals surface area contributed by atoms with Gasteiger partial charge in [-0.3, -0.25) is 0 Å². The highest BCUT2D eigenvalue weighted by atomic mass is 127. The van der Waals surface area contributed by atoms with Gasteiger partial charge < -0.3 is 5.73 Å². The zero-order valence-corrected chi connectivity index (χ0v) is 11.3. The van der Waals surface area contributed by atoms with Gasteiger partial charge in [0.15, 0.2) is 0 Å². The third-order valence-electron chi connectivity index (χ3n) is 3.40. The monoisotopic (exact) mass is 319 g/mol. The molecule has 2 rings (SSSR count). The molecule has 84 valence electrons. The molecule has 4 heteroatoms. The van der Waals surface area contributed by atoms with Crippen LogP contribution < -0.4 is 5.73 Å². The molecule has 1 aromatic rings. The number of nitrogens with zero attached hydrogens (tertiary/aromatic N) is 2. The summed E-state index contributed by atoms with van der Waals surface area (Å²) in [6.45, 7) is 3.35. The highest BCUT2D eigenvalue weighted by Gasteiger charge is 2.19. The minimum absolute atomic E-state index is 0.777. The summed E-state index contributed by atoms with van der Waals surface area (Å²) in [5.74, 6) is 2.52. The Hall–Kier alpha value is -0.260. The predicted molar refractivity (Wildman–Crippen MR) is 70.5 cm³/mol. The van der Waals surface area contributed by atoms with Crippen LogP contribution in [0.1, 0.15) is 32.6 Å². The summed E-state index contributed by atoms with van der Waals surface area (Å²) in [4.78, 5) is 0. The van der Waals surface area contributed by atoms with Gasteiger partial charge in [0.2, 0.25) is 0 Å². The van der Waals surface area contributed by atoms with Crippen molar-refractivity contribution in [3.05, 3.63) is 9.77 Å². The lowest BCUT2D eigenvalue weighted by atomic mass is 9.83. The molecule has 0 amide bonds. The van der Waals surface area contributed by atoms with Crippen LogP contribution in [-0.2, 0) is 6.54 Å². The largest absolute Gasteiger partial charge is 0.383 e. The zero-order chi connectivity index (χ0) is 10.8. The predicted octanol–water partition coefficient (Wildman–Crippen LogP) is 2.90. The van der Waals surface area contributed by atoms with Gasteiger partial charge in [0, 0.05) is 6.54 Å². The SMILES string of the molecule is CC1CCC(Cn2ncc(I)c2N)CC1. The standard InChI is InChI=1S/C11H18IN3/c1-8-2-4-9(5-3-8)7-15-11(13)10(12)6-14-15/h6,8-9H,2-5,7,13H2,1H3. The number of nitrogens with two attached hydrogens (primary N) is 1. The molecule has 15 heavy (non-hydrogen) atoms. The lowest BCUT2D eigenvalue weighted by Crippen LogP contribution is -2.19. The molecule has 0 saturated heterocycles. The van der Waals surface area contributed by atoms with Gasteiger partial charge in [0.05, 0.1) is 9.77 Å². The summed E-state index contributed by atoms with van der Waals surface area (Å²) < 4.78 is 3.03. The van der Waals surface area contributed by atoms with Crippen molar-refractivity contribution in [2.24, 2.45) is 11.8 Å². The lowest BCUT2D eigenvalue weighted by molar-refractivity contribution is 0.259. The minimum atomic E-state index is 0.777. The van der Waals surface area contributed by atoms with Gasteiger partial charge in [0.1, 0.15) is 5.82 Å². The first kappa shape index (κ1) is 11.2. The Morgan fingerprint density at radius 2 is 2.13 bits per heavy atom. The number of halogens is 1. The molecule has 1 saturated carbocycles. The second kappa shape index (κ2) is 4.72. The first-order valence-electron chi connectivity index (χ1n) is 5.63. The van der Waals surface area contributed by atoms with Crippen LogP contribution in [0.25, 0.3) is 0 Å². The molecule has 1 aliphatic carbocycles. The average Bonchev–Trinajstić information content (AvgIpc) is 2.53. The van der Waals surface area contributed by atoms with E-state index < -0.39 is 0 Å². The molecule has 0 atom stereocenters. The van der Waals surface area contributed by atoms with Gasteiger partial charge in [0.25, 0.3) is 0 Å². The molecule has 0 aromatic carbocycles. The molecule has 0 spiro atoms. The molecule has 1 aliphatic rings. The third kappa shape index (κ3) is 2.65. The Kier molecular flexibility index (Phi) is 3.53. The molecule has 0 unspecified atom stereocenters. The van der Waals surface area contributed by atoms with E-state index in [1.807, 2.05) is 10.9 Å². The average molecular weight is 319 g/mol. The Morgan fingerprint density at radius 3 is 2.67 bits per heavy atom. The third-order valence-corrected chi connectivity index (χ3v) is 4.23. The molecule has 0 aliphatic heterocycles. The van der Waals surface area contributed by atoms with Crippen molar-refractivity contribution < 1.29 is 0 Å². The van der Waals surface area contributed by atoms with Gasteiger partial charge in [-0.2, -0.15) is 5.10 Å². The molecule has 1 fully saturated rings. The quantitative estimate of drug-likeness (QED) is 0.852. The fourth-order valence-electron chi connectivity index (χ4n) is 2.27. The van der Waals surface area contributed by atoms with Crippen LogP contribution in [-0.4, -0.2) is 9.78 Å². The molecular formula is C11H18IN3. The van der Waals surface area contributed by atoms with E-state index in [0.29, 0.717) is 0 Å². The van der Waals surface area contributed by atoms with Crippen molar-refractivity contribution in [3.63, 3.8) is 0 Å². The number of rotatable bonds is 2. The van der Waals surface area contributed by atoms with Crippen molar-refractivity contribution in [2.75, 3.05) is 5.73 Å². The van der Waals surface area contributed by atoms with Crippen LogP contribution in [0.5, 0.6) is 0 Å². The van der Waals surface area contributed by atoms with Crippen LogP contribution in [0.4, 0.5) is 5.82 Å². The molecule has 1 heterocycles. The van der Waals surface area contributed by atoms with Crippen molar-refractivity contribution >= 4 is 28.4 Å². The fourth-order valence-corrected chi connectivity index (χ4v) is 2.68. The Morgan fingerprint density at radius 1 is 1.47 bits per heavy atom. The van der Waals surface area contributed by atoms with Gasteiger partial charge in [-0.25, -0.2) is 4.68 Å². The molecular weight excluding hydrogens is 301 g/mol. The maximum absolute atomic E-state index is 5.94. The van der Waals surface area contributed by atoms with Crippen molar-refractivity contribution in [3.8, 4) is 0 Å². The lowest BCUT2D eigenvalue weighted by Gasteiger charge is -2.26. The van der Waals surface area contributed by atoms with Gasteiger partial charge in [-0.1, -0.05) is 19.8 Å². The van der Waals surface area contributed by atoms with E-state index in [9.17, 15) is 0 Å². The number of hydrogen-bond acceptors (Lipinski definition) is 2. The van der Waals surface area contributed by atoms with Gasteiger partial charge in [-0.05, 0) is 47.3 Å². The second-order valence-corrected chi connectivity index (χ2v) is 5.85. The van der Waals surface area contributed by atoms with Crippen LogP contribution in [0.15, 0.2) is 6.20 Å². The molecule has 3 nitrogen and oxygen atoms in total. The normalized spacial score (nSPS) is 26.8. The smallest absolute Gasteiger partial charge is 0.135 e. The number of nitrogen functional groups attached to an aromatic ring is 1. The number of aromatic nitrogens is 2. The van der Waals surface area contributed by atoms with E-state index in [0.717, 1.165) is 27.8 Å². The molecule has 0 bridgehead atoms. The second-order valence-electron chi connectivity index (χ2n) is 4.69. The maximum Gasteiger partial charge on any atom is 0.135 e. The number of hydrogen-bond donors (Lipinski definition) is 1. The van der Waals surface area contributed by atoms with Gasteiger partial charge in [-0.15, -0.1) is 0 Å². The topological polar surface area (TPSA) is 43.8 Å². The Bertz CT molecular complexity index is 327. The van der Waals surface area contributed by atoms with Crippen LogP contribution >= 0.6 is 22.6 Å². The summed E-state index contributed by atoms with van der Waals surface area (Å²) in [5.41, 5.74) is 5.94. The Balaban J connectivity index is 1.94. The van der Waals surface area contributed by atoms with E-state index in [2.05, 4.69) is 34.6 Å². The van der Waals surface area contributed by atoms with Gasteiger partial charge >= 0.3 is 0 Å². The molecule has 0 radical (unpaired) electrons. The van der Waals surface area contributed by atoms with Crippen LogP contribution in [0.3, 0.4) is 0 Å². The first-order chi connectivity index (χ1) is 7.16. The van der Waals surface area contributed by atoms with Crippen molar-refractivity contribution in [1.82, 2.24) is 9.78 Å².